The van der Waals surface area contributed by atoms with Crippen molar-refractivity contribution in [1.29, 1.82) is 0 Å². The Labute approximate surface area is 152 Å². The third-order valence-corrected chi connectivity index (χ3v) is 5.53. The smallest absolute Gasteiger partial charge is 0.321 e. The van der Waals surface area contributed by atoms with Gasteiger partial charge in [-0.3, -0.25) is 0 Å². The summed E-state index contributed by atoms with van der Waals surface area (Å²) >= 11 is 1.47. The number of hydrogen-bond acceptors (Lipinski definition) is 4. The number of nitrogens with zero attached hydrogens (tertiary/aromatic N) is 1. The molecule has 1 fully saturated rings. The Kier molecular flexibility index (Phi) is 5.50. The zero-order chi connectivity index (χ0) is 17.7. The summed E-state index contributed by atoms with van der Waals surface area (Å²) in [6.07, 6.45) is 1.07. The summed E-state index contributed by atoms with van der Waals surface area (Å²) in [4.78, 5) is 14.4. The molecule has 6 heteroatoms. The average molecular weight is 358 g/mol. The summed E-state index contributed by atoms with van der Waals surface area (Å²) in [5.74, 6) is 0.629. The molecule has 1 aliphatic rings. The van der Waals surface area contributed by atoms with Crippen LogP contribution in [0.5, 0.6) is 5.75 Å². The molecule has 2 aromatic rings. The average Bonchev–Trinajstić information content (AvgIpc) is 2.63. The van der Waals surface area contributed by atoms with Gasteiger partial charge in [0, 0.05) is 30.8 Å². The molecule has 25 heavy (non-hydrogen) atoms. The third kappa shape index (κ3) is 4.46. The molecular formula is C19H22N2O3S. The van der Waals surface area contributed by atoms with Crippen molar-refractivity contribution in [3.8, 4) is 5.75 Å². The molecule has 132 valence electrons. The number of aliphatic hydroxyl groups is 1. The summed E-state index contributed by atoms with van der Waals surface area (Å²) in [5.41, 5.74) is 0.648. The fraction of sp³-hybridized carbons (Fsp3) is 0.316. The van der Waals surface area contributed by atoms with Crippen molar-refractivity contribution >= 4 is 23.5 Å². The van der Waals surface area contributed by atoms with Gasteiger partial charge in [0.15, 0.2) is 0 Å². The molecule has 2 aromatic carbocycles. The summed E-state index contributed by atoms with van der Waals surface area (Å²) in [6, 6.07) is 17.0. The van der Waals surface area contributed by atoms with E-state index in [2.05, 4.69) is 5.32 Å². The second-order valence-corrected chi connectivity index (χ2v) is 7.41. The number of hydrogen-bond donors (Lipinski definition) is 2. The van der Waals surface area contributed by atoms with Gasteiger partial charge in [0.1, 0.15) is 10.7 Å². The summed E-state index contributed by atoms with van der Waals surface area (Å²) in [5, 5.41) is 13.7. The topological polar surface area (TPSA) is 61.8 Å². The molecule has 5 nitrogen and oxygen atoms in total. The van der Waals surface area contributed by atoms with E-state index in [1.165, 1.54) is 11.8 Å². The third-order valence-electron chi connectivity index (χ3n) is 4.23. The van der Waals surface area contributed by atoms with Crippen LogP contribution in [-0.2, 0) is 0 Å². The lowest BCUT2D eigenvalue weighted by molar-refractivity contribution is 0.0683. The van der Waals surface area contributed by atoms with Gasteiger partial charge in [-0.25, -0.2) is 4.79 Å². The lowest BCUT2D eigenvalue weighted by Crippen LogP contribution is -2.46. The number of methoxy groups -OCH3 is 1. The number of para-hydroxylation sites is 2. The normalized spacial score (nSPS) is 16.3. The predicted octanol–water partition coefficient (Wildman–Crippen LogP) is 3.80. The maximum absolute atomic E-state index is 12.5. The van der Waals surface area contributed by atoms with E-state index in [4.69, 9.17) is 4.74 Å². The number of anilines is 1. The largest absolute Gasteiger partial charge is 0.495 e. The Hall–Kier alpha value is -2.18. The summed E-state index contributed by atoms with van der Waals surface area (Å²) in [6.45, 7) is 1.02. The van der Waals surface area contributed by atoms with Crippen molar-refractivity contribution < 1.29 is 14.6 Å². The van der Waals surface area contributed by atoms with E-state index >= 15 is 0 Å². The van der Waals surface area contributed by atoms with Crippen LogP contribution in [0.15, 0.2) is 59.5 Å². The molecule has 0 saturated carbocycles. The molecule has 1 aliphatic heterocycles. The number of ether oxygens (including phenoxy) is 1. The number of piperidine rings is 1. The first-order chi connectivity index (χ1) is 12.1. The maximum atomic E-state index is 12.5. The van der Waals surface area contributed by atoms with Gasteiger partial charge in [0.25, 0.3) is 0 Å². The Morgan fingerprint density at radius 1 is 1.12 bits per heavy atom. The van der Waals surface area contributed by atoms with E-state index in [-0.39, 0.29) is 6.03 Å². The highest BCUT2D eigenvalue weighted by Crippen LogP contribution is 2.38. The lowest BCUT2D eigenvalue weighted by atomic mass is 10.1. The SMILES string of the molecule is COc1ccccc1NC(=O)N1CCC(O)(Sc2ccccc2)CC1. The minimum atomic E-state index is -0.831. The van der Waals surface area contributed by atoms with Crippen LogP contribution in [0.4, 0.5) is 10.5 Å². The number of thioether (sulfide) groups is 1. The molecule has 0 bridgehead atoms. The van der Waals surface area contributed by atoms with E-state index in [9.17, 15) is 9.90 Å². The van der Waals surface area contributed by atoms with Crippen LogP contribution >= 0.6 is 11.8 Å². The van der Waals surface area contributed by atoms with E-state index in [1.54, 1.807) is 18.1 Å². The van der Waals surface area contributed by atoms with Crippen LogP contribution in [0.3, 0.4) is 0 Å². The Morgan fingerprint density at radius 2 is 1.76 bits per heavy atom. The zero-order valence-electron chi connectivity index (χ0n) is 14.1. The van der Waals surface area contributed by atoms with Crippen LogP contribution in [-0.4, -0.2) is 41.2 Å². The second-order valence-electron chi connectivity index (χ2n) is 5.98. The highest BCUT2D eigenvalue weighted by Gasteiger charge is 2.35. The van der Waals surface area contributed by atoms with Crippen LogP contribution in [0.25, 0.3) is 0 Å². The van der Waals surface area contributed by atoms with Crippen molar-refractivity contribution in [2.24, 2.45) is 0 Å². The van der Waals surface area contributed by atoms with Crippen molar-refractivity contribution in [2.75, 3.05) is 25.5 Å². The van der Waals surface area contributed by atoms with E-state index < -0.39 is 4.93 Å². The van der Waals surface area contributed by atoms with Crippen molar-refractivity contribution in [1.82, 2.24) is 4.90 Å². The second kappa shape index (κ2) is 7.80. The molecule has 0 unspecified atom stereocenters. The monoisotopic (exact) mass is 358 g/mol. The number of rotatable bonds is 4. The van der Waals surface area contributed by atoms with Crippen LogP contribution in [0, 0.1) is 0 Å². The Balaban J connectivity index is 1.57. The fourth-order valence-electron chi connectivity index (χ4n) is 2.81. The van der Waals surface area contributed by atoms with Gasteiger partial charge in [-0.2, -0.15) is 0 Å². The number of urea groups is 1. The number of carbonyl (C=O) groups excluding carboxylic acids is 1. The molecule has 0 radical (unpaired) electrons. The fourth-order valence-corrected chi connectivity index (χ4v) is 3.93. The van der Waals surface area contributed by atoms with Gasteiger partial charge >= 0.3 is 6.03 Å². The number of amides is 2. The standard InChI is InChI=1S/C19H22N2O3S/c1-24-17-10-6-5-9-16(17)20-18(22)21-13-11-19(23,12-14-21)25-15-7-3-2-4-8-15/h2-10,23H,11-14H2,1H3,(H,20,22). The van der Waals surface area contributed by atoms with Crippen LogP contribution < -0.4 is 10.1 Å². The molecule has 1 heterocycles. The van der Waals surface area contributed by atoms with Gasteiger partial charge in [0.2, 0.25) is 0 Å². The van der Waals surface area contributed by atoms with E-state index in [0.29, 0.717) is 37.4 Å². The molecule has 2 amide bonds. The Morgan fingerprint density at radius 3 is 2.44 bits per heavy atom. The molecule has 1 saturated heterocycles. The van der Waals surface area contributed by atoms with Crippen molar-refractivity contribution in [3.05, 3.63) is 54.6 Å². The molecule has 2 N–H and O–H groups in total. The molecular weight excluding hydrogens is 336 g/mol. The van der Waals surface area contributed by atoms with Crippen LogP contribution in [0.1, 0.15) is 12.8 Å². The number of likely N-dealkylation sites (tertiary alicyclic amines) is 1. The lowest BCUT2D eigenvalue weighted by Gasteiger charge is -2.37. The van der Waals surface area contributed by atoms with E-state index in [0.717, 1.165) is 4.90 Å². The highest BCUT2D eigenvalue weighted by atomic mass is 32.2. The number of benzene rings is 2. The van der Waals surface area contributed by atoms with E-state index in [1.807, 2.05) is 48.5 Å². The van der Waals surface area contributed by atoms with Gasteiger partial charge in [-0.05, 0) is 24.3 Å². The minimum Gasteiger partial charge on any atom is -0.495 e. The van der Waals surface area contributed by atoms with Gasteiger partial charge in [-0.15, -0.1) is 0 Å². The van der Waals surface area contributed by atoms with Crippen molar-refractivity contribution in [3.63, 3.8) is 0 Å². The zero-order valence-corrected chi connectivity index (χ0v) is 15.0. The quantitative estimate of drug-likeness (QED) is 0.816. The molecule has 3 rings (SSSR count). The summed E-state index contributed by atoms with van der Waals surface area (Å²) in [7, 11) is 1.58. The van der Waals surface area contributed by atoms with Gasteiger partial charge in [0.05, 0.1) is 12.8 Å². The molecule has 0 spiro atoms. The van der Waals surface area contributed by atoms with Crippen LogP contribution in [0.2, 0.25) is 0 Å². The first kappa shape index (κ1) is 17.6. The van der Waals surface area contributed by atoms with Crippen molar-refractivity contribution in [2.45, 2.75) is 22.7 Å². The number of carbonyl (C=O) groups is 1. The molecule has 0 atom stereocenters. The first-order valence-corrected chi connectivity index (χ1v) is 9.07. The van der Waals surface area contributed by atoms with Gasteiger partial charge < -0.3 is 20.1 Å². The predicted molar refractivity (Wildman–Crippen MR) is 100 cm³/mol. The minimum absolute atomic E-state index is 0.170. The van der Waals surface area contributed by atoms with Gasteiger partial charge in [-0.1, -0.05) is 42.1 Å². The molecule has 0 aliphatic carbocycles. The summed E-state index contributed by atoms with van der Waals surface area (Å²) < 4.78 is 5.26. The number of nitrogens with one attached hydrogen (secondary N) is 1. The Bertz CT molecular complexity index is 716. The maximum Gasteiger partial charge on any atom is 0.321 e. The molecule has 0 aromatic heterocycles. The first-order valence-electron chi connectivity index (χ1n) is 8.25. The highest BCUT2D eigenvalue weighted by molar-refractivity contribution is 8.00.